The lowest BCUT2D eigenvalue weighted by molar-refractivity contribution is 0.120. The van der Waals surface area contributed by atoms with E-state index >= 15 is 0 Å². The topological polar surface area (TPSA) is 21.3 Å². The van der Waals surface area contributed by atoms with Crippen molar-refractivity contribution in [1.29, 1.82) is 0 Å². The predicted octanol–water partition coefficient (Wildman–Crippen LogP) is 3.07. The molecule has 0 saturated carbocycles. The van der Waals surface area contributed by atoms with Gasteiger partial charge in [0, 0.05) is 13.2 Å². The maximum Gasteiger partial charge on any atom is 0.125 e. The second-order valence-electron chi connectivity index (χ2n) is 3.64. The maximum absolute atomic E-state index is 12.9. The van der Waals surface area contributed by atoms with E-state index in [-0.39, 0.29) is 11.9 Å². The van der Waals surface area contributed by atoms with Crippen molar-refractivity contribution in [3.63, 3.8) is 0 Å². The Morgan fingerprint density at radius 3 is 3.13 bits per heavy atom. The second kappa shape index (κ2) is 4.81. The van der Waals surface area contributed by atoms with E-state index in [4.69, 9.17) is 16.3 Å². The highest BCUT2D eigenvalue weighted by atomic mass is 35.5. The molecule has 0 aliphatic carbocycles. The van der Waals surface area contributed by atoms with Crippen molar-refractivity contribution < 1.29 is 9.13 Å². The van der Waals surface area contributed by atoms with Crippen molar-refractivity contribution in [3.05, 3.63) is 29.0 Å². The molecule has 0 radical (unpaired) electrons. The van der Waals surface area contributed by atoms with Crippen molar-refractivity contribution in [2.75, 3.05) is 18.5 Å². The summed E-state index contributed by atoms with van der Waals surface area (Å²) in [5.74, 6) is -0.283. The van der Waals surface area contributed by atoms with Crippen molar-refractivity contribution in [2.45, 2.75) is 18.9 Å². The van der Waals surface area contributed by atoms with Crippen LogP contribution in [0.3, 0.4) is 0 Å². The van der Waals surface area contributed by atoms with Crippen molar-refractivity contribution in [3.8, 4) is 0 Å². The summed E-state index contributed by atoms with van der Waals surface area (Å²) in [7, 11) is 0. The van der Waals surface area contributed by atoms with Crippen LogP contribution in [-0.2, 0) is 4.74 Å². The quantitative estimate of drug-likeness (QED) is 0.860. The fourth-order valence-electron chi connectivity index (χ4n) is 1.66. The molecule has 2 nitrogen and oxygen atoms in total. The minimum atomic E-state index is -0.283. The Bertz CT molecular complexity index is 339. The Morgan fingerprint density at radius 1 is 1.53 bits per heavy atom. The van der Waals surface area contributed by atoms with E-state index < -0.39 is 0 Å². The summed E-state index contributed by atoms with van der Waals surface area (Å²) in [6.07, 6.45) is 2.38. The molecule has 1 N–H and O–H groups in total. The molecule has 1 fully saturated rings. The lowest BCUT2D eigenvalue weighted by Crippen LogP contribution is -2.18. The fraction of sp³-hybridized carbons (Fsp3) is 0.455. The first-order valence-corrected chi connectivity index (χ1v) is 5.44. The zero-order valence-electron chi connectivity index (χ0n) is 8.30. The van der Waals surface area contributed by atoms with Gasteiger partial charge in [0.15, 0.2) is 0 Å². The molecule has 2 rings (SSSR count). The summed E-state index contributed by atoms with van der Waals surface area (Å²) in [5, 5.41) is 3.64. The van der Waals surface area contributed by atoms with Crippen LogP contribution in [0.4, 0.5) is 10.1 Å². The molecule has 1 aromatic rings. The molecule has 1 aliphatic heterocycles. The smallest absolute Gasteiger partial charge is 0.125 e. The highest BCUT2D eigenvalue weighted by Crippen LogP contribution is 2.23. The summed E-state index contributed by atoms with van der Waals surface area (Å²) in [6.45, 7) is 1.51. The molecule has 1 aliphatic rings. The number of hydrogen-bond donors (Lipinski definition) is 1. The Hall–Kier alpha value is -0.800. The second-order valence-corrected chi connectivity index (χ2v) is 4.05. The molecule has 0 spiro atoms. The number of anilines is 1. The van der Waals surface area contributed by atoms with Crippen LogP contribution in [0.25, 0.3) is 0 Å². The third-order valence-electron chi connectivity index (χ3n) is 2.47. The van der Waals surface area contributed by atoms with Crippen LogP contribution in [0.5, 0.6) is 0 Å². The average molecular weight is 230 g/mol. The van der Waals surface area contributed by atoms with Crippen LogP contribution in [0, 0.1) is 5.82 Å². The van der Waals surface area contributed by atoms with E-state index in [9.17, 15) is 4.39 Å². The van der Waals surface area contributed by atoms with Gasteiger partial charge in [0.1, 0.15) is 5.82 Å². The molecule has 1 unspecified atom stereocenters. The van der Waals surface area contributed by atoms with Gasteiger partial charge in [-0.15, -0.1) is 0 Å². The minimum Gasteiger partial charge on any atom is -0.381 e. The Kier molecular flexibility index (Phi) is 3.44. The summed E-state index contributed by atoms with van der Waals surface area (Å²) >= 11 is 5.91. The molecule has 0 amide bonds. The number of benzene rings is 1. The predicted molar refractivity (Wildman–Crippen MR) is 58.9 cm³/mol. The van der Waals surface area contributed by atoms with Gasteiger partial charge in [-0.25, -0.2) is 4.39 Å². The number of ether oxygens (including phenoxy) is 1. The van der Waals surface area contributed by atoms with Gasteiger partial charge in [0.05, 0.1) is 16.8 Å². The van der Waals surface area contributed by atoms with Gasteiger partial charge in [-0.05, 0) is 31.0 Å². The number of rotatable bonds is 3. The van der Waals surface area contributed by atoms with Crippen LogP contribution in [0.15, 0.2) is 18.2 Å². The van der Waals surface area contributed by atoms with E-state index in [1.807, 2.05) is 0 Å². The molecule has 1 heterocycles. The normalized spacial score (nSPS) is 20.5. The Balaban J connectivity index is 1.94. The summed E-state index contributed by atoms with van der Waals surface area (Å²) < 4.78 is 18.4. The van der Waals surface area contributed by atoms with Crippen molar-refractivity contribution in [1.82, 2.24) is 0 Å². The van der Waals surface area contributed by atoms with Gasteiger partial charge < -0.3 is 10.1 Å². The molecule has 0 bridgehead atoms. The zero-order chi connectivity index (χ0) is 10.7. The molecule has 82 valence electrons. The molecule has 4 heteroatoms. The summed E-state index contributed by atoms with van der Waals surface area (Å²) in [5.41, 5.74) is 0.632. The van der Waals surface area contributed by atoms with Crippen LogP contribution in [0.1, 0.15) is 12.8 Å². The third kappa shape index (κ3) is 2.83. The molecule has 0 aromatic heterocycles. The largest absolute Gasteiger partial charge is 0.381 e. The number of halogens is 2. The molecular weight excluding hydrogens is 217 g/mol. The molecule has 1 saturated heterocycles. The van der Waals surface area contributed by atoms with E-state index in [2.05, 4.69) is 5.32 Å². The molecular formula is C11H13ClFNO. The highest BCUT2D eigenvalue weighted by molar-refractivity contribution is 6.33. The third-order valence-corrected chi connectivity index (χ3v) is 2.80. The van der Waals surface area contributed by atoms with E-state index in [0.29, 0.717) is 17.3 Å². The summed E-state index contributed by atoms with van der Waals surface area (Å²) in [4.78, 5) is 0. The van der Waals surface area contributed by atoms with Gasteiger partial charge in [0.25, 0.3) is 0 Å². The first-order valence-electron chi connectivity index (χ1n) is 5.06. The monoisotopic (exact) mass is 229 g/mol. The van der Waals surface area contributed by atoms with E-state index in [0.717, 1.165) is 19.4 Å². The first kappa shape index (κ1) is 10.7. The number of nitrogens with one attached hydrogen (secondary N) is 1. The SMILES string of the molecule is Fc1ccc(Cl)c(NCC2CCCO2)c1. The Morgan fingerprint density at radius 2 is 2.40 bits per heavy atom. The van der Waals surface area contributed by atoms with E-state index in [1.165, 1.54) is 12.1 Å². The molecule has 1 atom stereocenters. The Labute approximate surface area is 93.4 Å². The highest BCUT2D eigenvalue weighted by Gasteiger charge is 2.15. The van der Waals surface area contributed by atoms with Gasteiger partial charge in [-0.3, -0.25) is 0 Å². The van der Waals surface area contributed by atoms with Gasteiger partial charge in [0.2, 0.25) is 0 Å². The maximum atomic E-state index is 12.9. The van der Waals surface area contributed by atoms with E-state index in [1.54, 1.807) is 6.07 Å². The van der Waals surface area contributed by atoms with Crippen LogP contribution in [-0.4, -0.2) is 19.3 Å². The average Bonchev–Trinajstić information content (AvgIpc) is 2.72. The minimum absolute atomic E-state index is 0.226. The van der Waals surface area contributed by atoms with Gasteiger partial charge in [-0.2, -0.15) is 0 Å². The van der Waals surface area contributed by atoms with Crippen molar-refractivity contribution in [2.24, 2.45) is 0 Å². The lowest BCUT2D eigenvalue weighted by atomic mass is 10.2. The standard InChI is InChI=1S/C11H13ClFNO/c12-10-4-3-8(13)6-11(10)14-7-9-2-1-5-15-9/h3-4,6,9,14H,1-2,5,7H2. The van der Waals surface area contributed by atoms with Gasteiger partial charge >= 0.3 is 0 Å². The first-order chi connectivity index (χ1) is 7.25. The van der Waals surface area contributed by atoms with Crippen LogP contribution in [0.2, 0.25) is 5.02 Å². The fourth-order valence-corrected chi connectivity index (χ4v) is 1.85. The molecule has 15 heavy (non-hydrogen) atoms. The van der Waals surface area contributed by atoms with Gasteiger partial charge in [-0.1, -0.05) is 11.6 Å². The van der Waals surface area contributed by atoms with Crippen LogP contribution < -0.4 is 5.32 Å². The zero-order valence-corrected chi connectivity index (χ0v) is 9.06. The van der Waals surface area contributed by atoms with Crippen molar-refractivity contribution >= 4 is 17.3 Å². The van der Waals surface area contributed by atoms with Crippen LogP contribution >= 0.6 is 11.6 Å². The lowest BCUT2D eigenvalue weighted by Gasteiger charge is -2.12. The summed E-state index contributed by atoms with van der Waals surface area (Å²) in [6, 6.07) is 4.30. The number of hydrogen-bond acceptors (Lipinski definition) is 2. The molecule has 1 aromatic carbocycles.